The van der Waals surface area contributed by atoms with Crippen molar-refractivity contribution < 1.29 is 0 Å². The van der Waals surface area contributed by atoms with Crippen LogP contribution in [0, 0.1) is 0 Å². The third-order valence-corrected chi connectivity index (χ3v) is 3.82. The molecule has 4 rings (SSSR count). The van der Waals surface area contributed by atoms with Crippen molar-refractivity contribution in [2.45, 2.75) is 12.5 Å². The van der Waals surface area contributed by atoms with Crippen LogP contribution in [-0.4, -0.2) is 39.3 Å². The van der Waals surface area contributed by atoms with Crippen LogP contribution in [0.15, 0.2) is 36.4 Å². The van der Waals surface area contributed by atoms with Crippen molar-refractivity contribution >= 4 is 16.9 Å². The zero-order valence-electron chi connectivity index (χ0n) is 11.5. The van der Waals surface area contributed by atoms with Gasteiger partial charge in [-0.2, -0.15) is 4.98 Å². The number of anilines is 1. The fourth-order valence-electron chi connectivity index (χ4n) is 2.68. The molecule has 3 N–H and O–H groups in total. The van der Waals surface area contributed by atoms with Crippen LogP contribution in [0.2, 0.25) is 0 Å². The first-order valence-electron chi connectivity index (χ1n) is 7.09. The normalized spacial score (nSPS) is 18.5. The summed E-state index contributed by atoms with van der Waals surface area (Å²) in [5, 5.41) is 8.37. The largest absolute Gasteiger partial charge is 0.338 e. The number of para-hydroxylation sites is 1. The van der Waals surface area contributed by atoms with E-state index in [1.807, 2.05) is 36.4 Å². The number of rotatable bonds is 2. The molecule has 6 nitrogen and oxygen atoms in total. The second kappa shape index (κ2) is 4.82. The Morgan fingerprint density at radius 1 is 1.14 bits per heavy atom. The summed E-state index contributed by atoms with van der Waals surface area (Å²) in [4.78, 5) is 11.3. The molecule has 0 saturated carbocycles. The topological polar surface area (TPSA) is 83.7 Å². The maximum Gasteiger partial charge on any atom is 0.245 e. The van der Waals surface area contributed by atoms with Crippen LogP contribution in [0.4, 0.5) is 5.95 Å². The van der Waals surface area contributed by atoms with E-state index in [0.29, 0.717) is 11.8 Å². The van der Waals surface area contributed by atoms with Gasteiger partial charge in [0.15, 0.2) is 5.82 Å². The molecule has 0 amide bonds. The summed E-state index contributed by atoms with van der Waals surface area (Å²) in [5.74, 6) is 1.39. The second-order valence-corrected chi connectivity index (χ2v) is 5.37. The Morgan fingerprint density at radius 3 is 2.90 bits per heavy atom. The molecule has 1 saturated heterocycles. The van der Waals surface area contributed by atoms with Crippen molar-refractivity contribution in [2.24, 2.45) is 5.73 Å². The number of H-pyrrole nitrogens is 1. The quantitative estimate of drug-likeness (QED) is 0.744. The zero-order chi connectivity index (χ0) is 14.2. The SMILES string of the molecule is NC1CCN(c2n[nH]c(-c3ccc4ccccc4n3)n2)C1. The average Bonchev–Trinajstić information content (AvgIpc) is 3.15. The Hall–Kier alpha value is -2.47. The third kappa shape index (κ3) is 2.23. The Bertz CT molecular complexity index is 780. The molecule has 1 aliphatic heterocycles. The van der Waals surface area contributed by atoms with Gasteiger partial charge in [0.05, 0.1) is 5.52 Å². The van der Waals surface area contributed by atoms with Gasteiger partial charge in [0, 0.05) is 24.5 Å². The minimum Gasteiger partial charge on any atom is -0.338 e. The molecule has 2 aromatic heterocycles. The van der Waals surface area contributed by atoms with Gasteiger partial charge in [0.25, 0.3) is 0 Å². The van der Waals surface area contributed by atoms with Gasteiger partial charge < -0.3 is 10.6 Å². The molecule has 0 spiro atoms. The van der Waals surface area contributed by atoms with Crippen LogP contribution in [0.25, 0.3) is 22.4 Å². The van der Waals surface area contributed by atoms with E-state index < -0.39 is 0 Å². The molecule has 0 bridgehead atoms. The van der Waals surface area contributed by atoms with Crippen molar-refractivity contribution in [3.8, 4) is 11.5 Å². The standard InChI is InChI=1S/C15H16N6/c16-11-7-8-21(9-11)15-18-14(19-20-15)13-6-5-10-3-1-2-4-12(10)17-13/h1-6,11H,7-9,16H2,(H,18,19,20). The van der Waals surface area contributed by atoms with Gasteiger partial charge in [-0.05, 0) is 18.6 Å². The van der Waals surface area contributed by atoms with Crippen LogP contribution in [-0.2, 0) is 0 Å². The first kappa shape index (κ1) is 12.3. The van der Waals surface area contributed by atoms with Gasteiger partial charge >= 0.3 is 0 Å². The van der Waals surface area contributed by atoms with E-state index in [-0.39, 0.29) is 6.04 Å². The molecular weight excluding hydrogens is 264 g/mol. The van der Waals surface area contributed by atoms with Crippen LogP contribution >= 0.6 is 0 Å². The number of nitrogens with zero attached hydrogens (tertiary/aromatic N) is 4. The predicted molar refractivity (Wildman–Crippen MR) is 81.9 cm³/mol. The molecule has 1 unspecified atom stereocenters. The van der Waals surface area contributed by atoms with Gasteiger partial charge in [-0.3, -0.25) is 5.10 Å². The number of aromatic nitrogens is 4. The first-order valence-corrected chi connectivity index (χ1v) is 7.09. The van der Waals surface area contributed by atoms with Crippen LogP contribution in [0.5, 0.6) is 0 Å². The van der Waals surface area contributed by atoms with E-state index in [1.165, 1.54) is 0 Å². The Balaban J connectivity index is 1.67. The summed E-state index contributed by atoms with van der Waals surface area (Å²) in [6.07, 6.45) is 0.984. The number of benzene rings is 1. The van der Waals surface area contributed by atoms with Crippen LogP contribution < -0.4 is 10.6 Å². The zero-order valence-corrected chi connectivity index (χ0v) is 11.5. The molecule has 6 heteroatoms. The van der Waals surface area contributed by atoms with Gasteiger partial charge in [0.2, 0.25) is 5.95 Å². The lowest BCUT2D eigenvalue weighted by molar-refractivity contribution is 0.750. The highest BCUT2D eigenvalue weighted by Crippen LogP contribution is 2.21. The van der Waals surface area contributed by atoms with E-state index in [0.717, 1.165) is 36.1 Å². The highest BCUT2D eigenvalue weighted by atomic mass is 15.4. The number of pyridine rings is 1. The van der Waals surface area contributed by atoms with Crippen molar-refractivity contribution in [3.63, 3.8) is 0 Å². The first-order chi connectivity index (χ1) is 10.3. The molecule has 21 heavy (non-hydrogen) atoms. The second-order valence-electron chi connectivity index (χ2n) is 5.37. The van der Waals surface area contributed by atoms with E-state index >= 15 is 0 Å². The lowest BCUT2D eigenvalue weighted by Crippen LogP contribution is -2.26. The number of hydrogen-bond acceptors (Lipinski definition) is 5. The van der Waals surface area contributed by atoms with Crippen molar-refractivity contribution in [1.29, 1.82) is 0 Å². The molecule has 3 aromatic rings. The number of aromatic amines is 1. The minimum atomic E-state index is 0.214. The molecule has 1 aromatic carbocycles. The molecule has 1 fully saturated rings. The Labute approximate surface area is 122 Å². The fourth-order valence-corrected chi connectivity index (χ4v) is 2.68. The maximum atomic E-state index is 5.92. The number of hydrogen-bond donors (Lipinski definition) is 2. The van der Waals surface area contributed by atoms with E-state index in [2.05, 4.69) is 25.1 Å². The summed E-state index contributed by atoms with van der Waals surface area (Å²) in [6.45, 7) is 1.71. The molecule has 1 atom stereocenters. The van der Waals surface area contributed by atoms with Crippen LogP contribution in [0.3, 0.4) is 0 Å². The summed E-state index contributed by atoms with van der Waals surface area (Å²) in [7, 11) is 0. The molecular formula is C15H16N6. The van der Waals surface area contributed by atoms with E-state index in [9.17, 15) is 0 Å². The third-order valence-electron chi connectivity index (χ3n) is 3.82. The molecule has 0 radical (unpaired) electrons. The van der Waals surface area contributed by atoms with E-state index in [1.54, 1.807) is 0 Å². The molecule has 106 valence electrons. The molecule has 1 aliphatic rings. The number of nitrogens with one attached hydrogen (secondary N) is 1. The fraction of sp³-hybridized carbons (Fsp3) is 0.267. The highest BCUT2D eigenvalue weighted by molar-refractivity contribution is 5.80. The average molecular weight is 280 g/mol. The lowest BCUT2D eigenvalue weighted by atomic mass is 10.2. The van der Waals surface area contributed by atoms with Crippen molar-refractivity contribution in [2.75, 3.05) is 18.0 Å². The van der Waals surface area contributed by atoms with Crippen LogP contribution in [0.1, 0.15) is 6.42 Å². The van der Waals surface area contributed by atoms with Gasteiger partial charge in [-0.25, -0.2) is 4.98 Å². The number of nitrogens with two attached hydrogens (primary N) is 1. The van der Waals surface area contributed by atoms with Crippen molar-refractivity contribution in [3.05, 3.63) is 36.4 Å². The Morgan fingerprint density at radius 2 is 2.05 bits per heavy atom. The van der Waals surface area contributed by atoms with Crippen molar-refractivity contribution in [1.82, 2.24) is 20.2 Å². The smallest absolute Gasteiger partial charge is 0.245 e. The molecule has 3 heterocycles. The summed E-state index contributed by atoms with van der Waals surface area (Å²) >= 11 is 0. The summed E-state index contributed by atoms with van der Waals surface area (Å²) < 4.78 is 0. The minimum absolute atomic E-state index is 0.214. The maximum absolute atomic E-state index is 5.92. The number of fused-ring (bicyclic) bond motifs is 1. The lowest BCUT2D eigenvalue weighted by Gasteiger charge is -2.11. The summed E-state index contributed by atoms with van der Waals surface area (Å²) in [6, 6.07) is 12.3. The Kier molecular flexibility index (Phi) is 2.82. The highest BCUT2D eigenvalue weighted by Gasteiger charge is 2.22. The van der Waals surface area contributed by atoms with Gasteiger partial charge in [-0.1, -0.05) is 24.3 Å². The monoisotopic (exact) mass is 280 g/mol. The van der Waals surface area contributed by atoms with E-state index in [4.69, 9.17) is 5.73 Å². The predicted octanol–water partition coefficient (Wildman–Crippen LogP) is 1.56. The summed E-state index contributed by atoms with van der Waals surface area (Å²) in [5.41, 5.74) is 7.68. The molecule has 0 aliphatic carbocycles. The van der Waals surface area contributed by atoms with Gasteiger partial charge in [0.1, 0.15) is 5.69 Å². The van der Waals surface area contributed by atoms with Gasteiger partial charge in [-0.15, -0.1) is 5.10 Å².